The van der Waals surface area contributed by atoms with Crippen LogP contribution in [0.4, 0.5) is 15.8 Å². The van der Waals surface area contributed by atoms with Crippen LogP contribution >= 0.6 is 27.5 Å². The van der Waals surface area contributed by atoms with Crippen molar-refractivity contribution in [2.45, 2.75) is 6.54 Å². The van der Waals surface area contributed by atoms with Gasteiger partial charge in [-0.1, -0.05) is 11.6 Å². The maximum absolute atomic E-state index is 13.3. The molecule has 0 bridgehead atoms. The zero-order valence-electron chi connectivity index (χ0n) is 10.1. The molecule has 20 heavy (non-hydrogen) atoms. The summed E-state index contributed by atoms with van der Waals surface area (Å²) < 4.78 is 13.7. The Morgan fingerprint density at radius 1 is 1.30 bits per heavy atom. The smallest absolute Gasteiger partial charge is 0.270 e. The van der Waals surface area contributed by atoms with Crippen molar-refractivity contribution in [2.75, 3.05) is 5.32 Å². The SMILES string of the molecule is O=[N+]([O-])c1ccc(CNc2ccc(Br)c(F)c2)c(Cl)c1. The van der Waals surface area contributed by atoms with Crippen LogP contribution in [0.5, 0.6) is 0 Å². The normalized spacial score (nSPS) is 10.3. The summed E-state index contributed by atoms with van der Waals surface area (Å²) >= 11 is 9.04. The van der Waals surface area contributed by atoms with Gasteiger partial charge in [-0.2, -0.15) is 0 Å². The van der Waals surface area contributed by atoms with E-state index in [9.17, 15) is 14.5 Å². The molecule has 0 aliphatic carbocycles. The van der Waals surface area contributed by atoms with Crippen LogP contribution in [-0.2, 0) is 6.54 Å². The molecule has 0 saturated heterocycles. The van der Waals surface area contributed by atoms with Gasteiger partial charge in [-0.15, -0.1) is 0 Å². The number of rotatable bonds is 4. The van der Waals surface area contributed by atoms with Crippen molar-refractivity contribution in [3.8, 4) is 0 Å². The number of benzene rings is 2. The summed E-state index contributed by atoms with van der Waals surface area (Å²) in [5, 5.41) is 13.9. The molecule has 2 aromatic carbocycles. The van der Waals surface area contributed by atoms with E-state index in [0.717, 1.165) is 0 Å². The van der Waals surface area contributed by atoms with Crippen LogP contribution in [0.3, 0.4) is 0 Å². The number of nitro groups is 1. The molecule has 0 atom stereocenters. The molecule has 0 aliphatic heterocycles. The van der Waals surface area contributed by atoms with Gasteiger partial charge >= 0.3 is 0 Å². The van der Waals surface area contributed by atoms with Crippen LogP contribution < -0.4 is 5.32 Å². The van der Waals surface area contributed by atoms with E-state index in [0.29, 0.717) is 27.3 Å². The minimum atomic E-state index is -0.507. The maximum atomic E-state index is 13.3. The first-order chi connectivity index (χ1) is 9.47. The zero-order valence-corrected chi connectivity index (χ0v) is 12.4. The molecule has 7 heteroatoms. The van der Waals surface area contributed by atoms with Gasteiger partial charge < -0.3 is 5.32 Å². The molecule has 0 spiro atoms. The molecule has 0 amide bonds. The summed E-state index contributed by atoms with van der Waals surface area (Å²) in [6, 6.07) is 8.90. The van der Waals surface area contributed by atoms with Gasteiger partial charge in [0.15, 0.2) is 0 Å². The van der Waals surface area contributed by atoms with E-state index in [1.54, 1.807) is 18.2 Å². The van der Waals surface area contributed by atoms with Crippen LogP contribution in [0.25, 0.3) is 0 Å². The molecule has 0 aromatic heterocycles. The molecule has 0 heterocycles. The first-order valence-corrected chi connectivity index (χ1v) is 6.76. The van der Waals surface area contributed by atoms with Crippen molar-refractivity contribution in [1.29, 1.82) is 0 Å². The summed E-state index contributed by atoms with van der Waals surface area (Å²) in [4.78, 5) is 10.1. The second-order valence-corrected chi connectivity index (χ2v) is 5.28. The lowest BCUT2D eigenvalue weighted by Crippen LogP contribution is -2.01. The van der Waals surface area contributed by atoms with Crippen molar-refractivity contribution in [2.24, 2.45) is 0 Å². The Morgan fingerprint density at radius 3 is 2.65 bits per heavy atom. The number of hydrogen-bond donors (Lipinski definition) is 1. The average molecular weight is 360 g/mol. The minimum Gasteiger partial charge on any atom is -0.381 e. The summed E-state index contributed by atoms with van der Waals surface area (Å²) in [5.41, 5.74) is 1.23. The Kier molecular flexibility index (Phi) is 4.57. The molecule has 4 nitrogen and oxygen atoms in total. The molecule has 0 aliphatic rings. The quantitative estimate of drug-likeness (QED) is 0.632. The standard InChI is InChI=1S/C13H9BrClFN2O2/c14-11-4-2-9(5-13(11)16)17-7-8-1-3-10(18(19)20)6-12(8)15/h1-6,17H,7H2. The van der Waals surface area contributed by atoms with Crippen molar-refractivity contribution >= 4 is 38.9 Å². The Bertz CT molecular complexity index is 667. The summed E-state index contributed by atoms with van der Waals surface area (Å²) in [6.45, 7) is 0.345. The van der Waals surface area contributed by atoms with Crippen LogP contribution in [-0.4, -0.2) is 4.92 Å². The van der Waals surface area contributed by atoms with E-state index in [1.165, 1.54) is 18.2 Å². The van der Waals surface area contributed by atoms with E-state index in [-0.39, 0.29) is 11.5 Å². The van der Waals surface area contributed by atoms with Crippen molar-refractivity contribution in [3.63, 3.8) is 0 Å². The summed E-state index contributed by atoms with van der Waals surface area (Å²) in [6.07, 6.45) is 0. The number of halogens is 3. The lowest BCUT2D eigenvalue weighted by molar-refractivity contribution is -0.384. The summed E-state index contributed by atoms with van der Waals surface area (Å²) in [5.74, 6) is -0.371. The highest BCUT2D eigenvalue weighted by Gasteiger charge is 2.09. The molecular formula is C13H9BrClFN2O2. The molecule has 0 saturated carbocycles. The highest BCUT2D eigenvalue weighted by Crippen LogP contribution is 2.24. The van der Waals surface area contributed by atoms with Gasteiger partial charge in [0, 0.05) is 24.4 Å². The number of nitrogens with one attached hydrogen (secondary N) is 1. The molecule has 2 aromatic rings. The number of nitrogens with zero attached hydrogens (tertiary/aromatic N) is 1. The number of anilines is 1. The fourth-order valence-corrected chi connectivity index (χ4v) is 2.08. The largest absolute Gasteiger partial charge is 0.381 e. The Hall–Kier alpha value is -1.66. The third-order valence-electron chi connectivity index (χ3n) is 2.65. The fraction of sp³-hybridized carbons (Fsp3) is 0.0769. The Labute approximate surface area is 127 Å². The van der Waals surface area contributed by atoms with Crippen LogP contribution in [0.1, 0.15) is 5.56 Å². The van der Waals surface area contributed by atoms with E-state index >= 15 is 0 Å². The van der Waals surface area contributed by atoms with E-state index in [2.05, 4.69) is 21.2 Å². The third-order valence-corrected chi connectivity index (χ3v) is 3.64. The first kappa shape index (κ1) is 14.7. The van der Waals surface area contributed by atoms with Crippen LogP contribution in [0.15, 0.2) is 40.9 Å². The number of non-ortho nitro benzene ring substituents is 1. The highest BCUT2D eigenvalue weighted by atomic mass is 79.9. The summed E-state index contributed by atoms with van der Waals surface area (Å²) in [7, 11) is 0. The van der Waals surface area contributed by atoms with Gasteiger partial charge in [-0.3, -0.25) is 10.1 Å². The van der Waals surface area contributed by atoms with Crippen LogP contribution in [0, 0.1) is 15.9 Å². The van der Waals surface area contributed by atoms with E-state index in [1.807, 2.05) is 0 Å². The lowest BCUT2D eigenvalue weighted by Gasteiger charge is -2.08. The molecule has 1 N–H and O–H groups in total. The molecule has 0 unspecified atom stereocenters. The van der Waals surface area contributed by atoms with Crippen molar-refractivity contribution in [1.82, 2.24) is 0 Å². The van der Waals surface area contributed by atoms with Gasteiger partial charge in [-0.05, 0) is 45.8 Å². The molecule has 104 valence electrons. The molecule has 0 fully saturated rings. The Morgan fingerprint density at radius 2 is 2.05 bits per heavy atom. The van der Waals surface area contributed by atoms with Gasteiger partial charge in [0.05, 0.1) is 14.4 Å². The predicted molar refractivity (Wildman–Crippen MR) is 79.5 cm³/mol. The van der Waals surface area contributed by atoms with Gasteiger partial charge in [0.25, 0.3) is 5.69 Å². The molecule has 0 radical (unpaired) electrons. The Balaban J connectivity index is 2.10. The average Bonchev–Trinajstić information content (AvgIpc) is 2.41. The monoisotopic (exact) mass is 358 g/mol. The molecular weight excluding hydrogens is 351 g/mol. The predicted octanol–water partition coefficient (Wildman–Crippen LogP) is 4.76. The van der Waals surface area contributed by atoms with E-state index in [4.69, 9.17) is 11.6 Å². The third kappa shape index (κ3) is 3.46. The maximum Gasteiger partial charge on any atom is 0.270 e. The number of hydrogen-bond acceptors (Lipinski definition) is 3. The van der Waals surface area contributed by atoms with Gasteiger partial charge in [-0.25, -0.2) is 4.39 Å². The first-order valence-electron chi connectivity index (χ1n) is 5.59. The fourth-order valence-electron chi connectivity index (χ4n) is 1.60. The second kappa shape index (κ2) is 6.19. The highest BCUT2D eigenvalue weighted by molar-refractivity contribution is 9.10. The number of nitro benzene ring substituents is 1. The van der Waals surface area contributed by atoms with Gasteiger partial charge in [0.2, 0.25) is 0 Å². The van der Waals surface area contributed by atoms with Crippen molar-refractivity contribution in [3.05, 3.63) is 67.4 Å². The zero-order chi connectivity index (χ0) is 14.7. The van der Waals surface area contributed by atoms with Crippen molar-refractivity contribution < 1.29 is 9.31 Å². The topological polar surface area (TPSA) is 55.2 Å². The molecule has 2 rings (SSSR count). The van der Waals surface area contributed by atoms with Crippen LogP contribution in [0.2, 0.25) is 5.02 Å². The van der Waals surface area contributed by atoms with Gasteiger partial charge in [0.1, 0.15) is 5.82 Å². The van der Waals surface area contributed by atoms with E-state index < -0.39 is 4.92 Å². The second-order valence-electron chi connectivity index (χ2n) is 4.02. The minimum absolute atomic E-state index is 0.0616. The lowest BCUT2D eigenvalue weighted by atomic mass is 10.2.